The van der Waals surface area contributed by atoms with Gasteiger partial charge >= 0.3 is 0 Å². The molecule has 1 atom stereocenters. The number of rotatable bonds is 4. The predicted molar refractivity (Wildman–Crippen MR) is 142 cm³/mol. The molecule has 5 aromatic rings. The van der Waals surface area contributed by atoms with Crippen LogP contribution < -0.4 is 5.56 Å². The van der Waals surface area contributed by atoms with Gasteiger partial charge in [-0.25, -0.2) is 9.97 Å². The Morgan fingerprint density at radius 1 is 1.00 bits per heavy atom. The molecule has 3 aromatic heterocycles. The Bertz CT molecular complexity index is 1590. The van der Waals surface area contributed by atoms with E-state index in [1.54, 1.807) is 42.5 Å². The fraction of sp³-hybridized carbons (Fsp3) is 0.115. The average Bonchev–Trinajstić information content (AvgIpc) is 3.27. The molecule has 0 radical (unpaired) electrons. The summed E-state index contributed by atoms with van der Waals surface area (Å²) in [5.41, 5.74) is 2.17. The van der Waals surface area contributed by atoms with E-state index in [1.165, 1.54) is 4.57 Å². The monoisotopic (exact) mass is 582 g/mol. The van der Waals surface area contributed by atoms with E-state index in [0.717, 1.165) is 14.5 Å². The molecule has 34 heavy (non-hydrogen) atoms. The van der Waals surface area contributed by atoms with Crippen molar-refractivity contribution in [2.45, 2.75) is 5.60 Å². The zero-order chi connectivity index (χ0) is 24.0. The van der Waals surface area contributed by atoms with Gasteiger partial charge in [0.2, 0.25) is 0 Å². The summed E-state index contributed by atoms with van der Waals surface area (Å²) in [5, 5.41) is 13.6. The molecule has 0 aliphatic heterocycles. The van der Waals surface area contributed by atoms with Gasteiger partial charge in [-0.2, -0.15) is 0 Å². The maximum absolute atomic E-state index is 12.7. The minimum absolute atomic E-state index is 0.178. The quantitative estimate of drug-likeness (QED) is 0.307. The van der Waals surface area contributed by atoms with E-state index in [0.29, 0.717) is 33.1 Å². The minimum atomic E-state index is -1.52. The molecule has 0 amide bonds. The smallest absolute Gasteiger partial charge is 0.252 e. The van der Waals surface area contributed by atoms with E-state index in [2.05, 4.69) is 32.6 Å². The molecule has 0 unspecified atom stereocenters. The number of nitrogens with zero attached hydrogens (tertiary/aromatic N) is 4. The Labute approximate surface area is 214 Å². The second kappa shape index (κ2) is 8.65. The van der Waals surface area contributed by atoms with Crippen molar-refractivity contribution in [1.82, 2.24) is 19.1 Å². The highest BCUT2D eigenvalue weighted by Crippen LogP contribution is 2.38. The molecule has 6 nitrogen and oxygen atoms in total. The standard InChI is InChI=1S/C26H20ClIN4O2/c1-31-15-29-14-23(31)26(34,17-6-8-20(28)9-7-17)18-11-22-21(16-4-3-5-19(27)10-16)12-24(33)32(2)25(22)30-13-18/h3-15,34H,1-2H3/t26-/m1/s1. The Balaban J connectivity index is 1.84. The van der Waals surface area contributed by atoms with Gasteiger partial charge in [-0.1, -0.05) is 35.9 Å². The van der Waals surface area contributed by atoms with Gasteiger partial charge in [-0.15, -0.1) is 0 Å². The number of halogens is 2. The lowest BCUT2D eigenvalue weighted by atomic mass is 9.83. The number of hydrogen-bond donors (Lipinski definition) is 1. The largest absolute Gasteiger partial charge is 0.374 e. The zero-order valence-corrected chi connectivity index (χ0v) is 21.3. The van der Waals surface area contributed by atoms with E-state index in [9.17, 15) is 9.90 Å². The van der Waals surface area contributed by atoms with Crippen LogP contribution in [0.2, 0.25) is 5.02 Å². The first-order chi connectivity index (χ1) is 16.3. The van der Waals surface area contributed by atoms with Crippen molar-refractivity contribution in [2.75, 3.05) is 0 Å². The summed E-state index contributed by atoms with van der Waals surface area (Å²) in [6.45, 7) is 0. The Morgan fingerprint density at radius 3 is 2.44 bits per heavy atom. The van der Waals surface area contributed by atoms with Crippen molar-refractivity contribution < 1.29 is 5.11 Å². The van der Waals surface area contributed by atoms with E-state index < -0.39 is 5.60 Å². The average molecular weight is 583 g/mol. The van der Waals surface area contributed by atoms with Gasteiger partial charge in [0.1, 0.15) is 5.65 Å². The van der Waals surface area contributed by atoms with Gasteiger partial charge in [-0.05, 0) is 69.6 Å². The van der Waals surface area contributed by atoms with E-state index >= 15 is 0 Å². The number of benzene rings is 2. The van der Waals surface area contributed by atoms with Crippen LogP contribution in [0.1, 0.15) is 16.8 Å². The molecule has 170 valence electrons. The first kappa shape index (κ1) is 22.8. The van der Waals surface area contributed by atoms with Crippen LogP contribution in [0, 0.1) is 3.57 Å². The van der Waals surface area contributed by atoms with E-state index in [-0.39, 0.29) is 5.56 Å². The molecule has 0 bridgehead atoms. The van der Waals surface area contributed by atoms with Crippen LogP contribution in [0.15, 0.2) is 84.2 Å². The van der Waals surface area contributed by atoms with Crippen molar-refractivity contribution in [3.63, 3.8) is 0 Å². The lowest BCUT2D eigenvalue weighted by Crippen LogP contribution is -2.31. The Morgan fingerprint density at radius 2 is 1.76 bits per heavy atom. The summed E-state index contributed by atoms with van der Waals surface area (Å²) in [6, 6.07) is 18.5. The SMILES string of the molecule is Cn1cncc1[C@@](O)(c1ccc(I)cc1)c1cnc2c(c1)c(-c1cccc(Cl)c1)cc(=O)n2C. The fourth-order valence-electron chi connectivity index (χ4n) is 4.28. The lowest BCUT2D eigenvalue weighted by Gasteiger charge is -2.30. The maximum atomic E-state index is 12.7. The van der Waals surface area contributed by atoms with Crippen molar-refractivity contribution in [2.24, 2.45) is 14.1 Å². The number of fused-ring (bicyclic) bond motifs is 1. The lowest BCUT2D eigenvalue weighted by molar-refractivity contribution is 0.117. The molecule has 0 saturated heterocycles. The molecular weight excluding hydrogens is 563 g/mol. The van der Waals surface area contributed by atoms with Crippen molar-refractivity contribution in [1.29, 1.82) is 0 Å². The molecule has 0 saturated carbocycles. The van der Waals surface area contributed by atoms with Crippen LogP contribution in [-0.2, 0) is 19.7 Å². The molecular formula is C26H20ClIN4O2. The van der Waals surface area contributed by atoms with Crippen molar-refractivity contribution in [3.8, 4) is 11.1 Å². The maximum Gasteiger partial charge on any atom is 0.252 e. The first-order valence-electron chi connectivity index (χ1n) is 10.5. The number of pyridine rings is 2. The van der Waals surface area contributed by atoms with E-state index in [4.69, 9.17) is 11.6 Å². The van der Waals surface area contributed by atoms with Crippen LogP contribution in [0.4, 0.5) is 0 Å². The highest BCUT2D eigenvalue weighted by Gasteiger charge is 2.37. The summed E-state index contributed by atoms with van der Waals surface area (Å²) in [4.78, 5) is 21.6. The molecule has 3 heterocycles. The highest BCUT2D eigenvalue weighted by atomic mass is 127. The number of aryl methyl sites for hydroxylation is 2. The van der Waals surface area contributed by atoms with Gasteiger partial charge < -0.3 is 9.67 Å². The normalized spacial score (nSPS) is 13.2. The summed E-state index contributed by atoms with van der Waals surface area (Å²) in [5.74, 6) is 0. The van der Waals surface area contributed by atoms with Crippen LogP contribution in [0.3, 0.4) is 0 Å². The fourth-order valence-corrected chi connectivity index (χ4v) is 4.83. The third-order valence-corrected chi connectivity index (χ3v) is 7.03. The van der Waals surface area contributed by atoms with E-state index in [1.807, 2.05) is 55.6 Å². The first-order valence-corrected chi connectivity index (χ1v) is 12.0. The molecule has 8 heteroatoms. The zero-order valence-electron chi connectivity index (χ0n) is 18.4. The molecule has 5 rings (SSSR count). The molecule has 0 fully saturated rings. The van der Waals surface area contributed by atoms with Crippen LogP contribution in [0.5, 0.6) is 0 Å². The molecule has 0 spiro atoms. The van der Waals surface area contributed by atoms with Gasteiger partial charge in [0, 0.05) is 45.9 Å². The number of imidazole rings is 1. The second-order valence-electron chi connectivity index (χ2n) is 8.17. The molecule has 2 aromatic carbocycles. The second-order valence-corrected chi connectivity index (χ2v) is 9.85. The highest BCUT2D eigenvalue weighted by molar-refractivity contribution is 14.1. The van der Waals surface area contributed by atoms with Crippen molar-refractivity contribution >= 4 is 45.2 Å². The third-order valence-electron chi connectivity index (χ3n) is 6.08. The molecule has 1 N–H and O–H groups in total. The van der Waals surface area contributed by atoms with Gasteiger partial charge in [0.25, 0.3) is 5.56 Å². The summed E-state index contributed by atoms with van der Waals surface area (Å²) >= 11 is 8.49. The van der Waals surface area contributed by atoms with Crippen LogP contribution in [-0.4, -0.2) is 24.2 Å². The predicted octanol–water partition coefficient (Wildman–Crippen LogP) is 4.88. The van der Waals surface area contributed by atoms with Crippen LogP contribution in [0.25, 0.3) is 22.2 Å². The van der Waals surface area contributed by atoms with Crippen LogP contribution >= 0.6 is 34.2 Å². The topological polar surface area (TPSA) is 72.9 Å². The Hall–Kier alpha value is -3.01. The van der Waals surface area contributed by atoms with Gasteiger partial charge in [0.05, 0.1) is 18.2 Å². The number of hydrogen-bond acceptors (Lipinski definition) is 4. The number of aromatic nitrogens is 4. The summed E-state index contributed by atoms with van der Waals surface area (Å²) < 4.78 is 4.35. The summed E-state index contributed by atoms with van der Waals surface area (Å²) in [6.07, 6.45) is 4.93. The minimum Gasteiger partial charge on any atom is -0.374 e. The third kappa shape index (κ3) is 3.73. The molecule has 0 aliphatic carbocycles. The summed E-state index contributed by atoms with van der Waals surface area (Å²) in [7, 11) is 3.53. The Kier molecular flexibility index (Phi) is 5.79. The van der Waals surface area contributed by atoms with Gasteiger partial charge in [-0.3, -0.25) is 9.36 Å². The molecule has 0 aliphatic rings. The number of aliphatic hydroxyl groups is 1. The van der Waals surface area contributed by atoms with Crippen molar-refractivity contribution in [3.05, 3.63) is 115 Å². The van der Waals surface area contributed by atoms with Gasteiger partial charge in [0.15, 0.2) is 5.60 Å².